The predicted octanol–water partition coefficient (Wildman–Crippen LogP) is 6.47. The molecular weight excluding hydrogens is 434 g/mol. The third-order valence-electron chi connectivity index (χ3n) is 6.93. The van der Waals surface area contributed by atoms with E-state index in [1.165, 1.54) is 24.3 Å². The number of aromatic nitrogens is 2. The number of rotatable bonds is 6. The number of hydrogen-bond acceptors (Lipinski definition) is 2. The molecule has 0 saturated heterocycles. The predicted molar refractivity (Wildman–Crippen MR) is 135 cm³/mol. The zero-order chi connectivity index (χ0) is 24.0. The van der Waals surface area contributed by atoms with Gasteiger partial charge < -0.3 is 9.13 Å². The van der Waals surface area contributed by atoms with Crippen LogP contribution in [-0.2, 0) is 19.5 Å². The molecule has 0 amide bonds. The first-order valence-corrected chi connectivity index (χ1v) is 12.2. The maximum Gasteiger partial charge on any atom is 0.197 e. The van der Waals surface area contributed by atoms with Gasteiger partial charge in [-0.05, 0) is 55.7 Å². The van der Waals surface area contributed by atoms with Crippen molar-refractivity contribution in [3.05, 3.63) is 73.7 Å². The van der Waals surface area contributed by atoms with Crippen LogP contribution >= 0.6 is 0 Å². The first-order valence-electron chi connectivity index (χ1n) is 12.2. The number of unbranched alkanes of at least 4 members (excludes halogenated alkanes) is 2. The highest BCUT2D eigenvalue weighted by Gasteiger charge is 2.22. The number of hydrogen-bond donors (Lipinski definition) is 0. The summed E-state index contributed by atoms with van der Waals surface area (Å²) in [6.07, 6.45) is 5.67. The van der Waals surface area contributed by atoms with Crippen LogP contribution in [0, 0.1) is 5.82 Å². The fraction of sp³-hybridized carbons (Fsp3) is 0.357. The Balaban J connectivity index is 1.96. The van der Waals surface area contributed by atoms with E-state index in [-0.39, 0.29) is 23.1 Å². The first-order chi connectivity index (χ1) is 16.4. The van der Waals surface area contributed by atoms with Gasteiger partial charge in [-0.3, -0.25) is 9.59 Å². The summed E-state index contributed by atoms with van der Waals surface area (Å²) in [4.78, 5) is 27.1. The lowest BCUT2D eigenvalue weighted by Crippen LogP contribution is -2.22. The van der Waals surface area contributed by atoms with Crippen LogP contribution < -0.4 is 10.9 Å². The largest absolute Gasteiger partial charge is 0.340 e. The molecule has 1 aliphatic carbocycles. The lowest BCUT2D eigenvalue weighted by molar-refractivity contribution is 0.578. The van der Waals surface area contributed by atoms with Gasteiger partial charge >= 0.3 is 0 Å². The highest BCUT2D eigenvalue weighted by molar-refractivity contribution is 6.01. The second-order valence-electron chi connectivity index (χ2n) is 9.17. The van der Waals surface area contributed by atoms with Crippen molar-refractivity contribution in [1.82, 2.24) is 9.13 Å². The molecule has 0 fully saturated rings. The number of nitrogens with zero attached hydrogens (tertiary/aromatic N) is 2. The van der Waals surface area contributed by atoms with E-state index < -0.39 is 5.82 Å². The van der Waals surface area contributed by atoms with E-state index >= 15 is 0 Å². The zero-order valence-electron chi connectivity index (χ0n) is 19.6. The molecule has 0 spiro atoms. The van der Waals surface area contributed by atoms with Gasteiger partial charge in [0.2, 0.25) is 0 Å². The molecule has 0 N–H and O–H groups in total. The van der Waals surface area contributed by atoms with Crippen LogP contribution in [0.15, 0.2) is 45.7 Å². The van der Waals surface area contributed by atoms with Gasteiger partial charge in [-0.2, -0.15) is 0 Å². The van der Waals surface area contributed by atoms with Gasteiger partial charge in [-0.1, -0.05) is 26.7 Å². The van der Waals surface area contributed by atoms with Gasteiger partial charge in [0.15, 0.2) is 10.9 Å². The summed E-state index contributed by atoms with van der Waals surface area (Å²) in [5, 5.41) is 1.47. The maximum absolute atomic E-state index is 14.3. The van der Waals surface area contributed by atoms with E-state index in [9.17, 15) is 18.4 Å². The fourth-order valence-electron chi connectivity index (χ4n) is 5.14. The average molecular weight is 463 g/mol. The second-order valence-corrected chi connectivity index (χ2v) is 9.17. The molecule has 5 rings (SSSR count). The number of aryl methyl sites for hydroxylation is 2. The van der Waals surface area contributed by atoms with Gasteiger partial charge in [-0.25, -0.2) is 8.78 Å². The second kappa shape index (κ2) is 8.82. The third kappa shape index (κ3) is 3.56. The molecule has 2 heterocycles. The molecule has 0 bridgehead atoms. The Morgan fingerprint density at radius 2 is 1.38 bits per heavy atom. The van der Waals surface area contributed by atoms with Gasteiger partial charge in [0, 0.05) is 41.2 Å². The molecule has 0 atom stereocenters. The number of fused-ring (bicyclic) bond motifs is 4. The third-order valence-corrected chi connectivity index (χ3v) is 6.93. The Hall–Kier alpha value is -3.28. The summed E-state index contributed by atoms with van der Waals surface area (Å²) in [5.74, 6) is -0.630. The normalized spacial score (nSPS) is 13.6. The average Bonchev–Trinajstić information content (AvgIpc) is 2.83. The topological polar surface area (TPSA) is 44.0 Å². The Labute approximate surface area is 196 Å². The first kappa shape index (κ1) is 22.5. The zero-order valence-corrected chi connectivity index (χ0v) is 19.6. The van der Waals surface area contributed by atoms with E-state index in [1.807, 2.05) is 9.13 Å². The molecular formula is C28H28F2N2O2. The molecule has 6 heteroatoms. The minimum atomic E-state index is -0.401. The lowest BCUT2D eigenvalue weighted by atomic mass is 9.96. The molecule has 2 aromatic carbocycles. The molecule has 4 aromatic rings. The van der Waals surface area contributed by atoms with Crippen LogP contribution in [0.4, 0.5) is 8.78 Å². The van der Waals surface area contributed by atoms with Crippen molar-refractivity contribution in [2.24, 2.45) is 0 Å². The minimum absolute atomic E-state index is 0.114. The van der Waals surface area contributed by atoms with Crippen LogP contribution in [0.5, 0.6) is 0 Å². The van der Waals surface area contributed by atoms with E-state index in [2.05, 4.69) is 13.8 Å². The highest BCUT2D eigenvalue weighted by Crippen LogP contribution is 2.30. The van der Waals surface area contributed by atoms with Crippen molar-refractivity contribution in [3.8, 4) is 0 Å². The number of halogens is 2. The highest BCUT2D eigenvalue weighted by atomic mass is 19.1. The molecule has 0 radical (unpaired) electrons. The van der Waals surface area contributed by atoms with E-state index in [1.54, 1.807) is 12.1 Å². The van der Waals surface area contributed by atoms with Gasteiger partial charge in [0.05, 0.1) is 22.2 Å². The van der Waals surface area contributed by atoms with Gasteiger partial charge in [0.25, 0.3) is 0 Å². The Morgan fingerprint density at radius 1 is 0.765 bits per heavy atom. The molecule has 0 aliphatic heterocycles. The quantitative estimate of drug-likeness (QED) is 0.309. The number of pyridine rings is 2. The summed E-state index contributed by atoms with van der Waals surface area (Å²) in [7, 11) is 0. The molecule has 4 nitrogen and oxygen atoms in total. The summed E-state index contributed by atoms with van der Waals surface area (Å²) in [5.41, 5.74) is 2.77. The van der Waals surface area contributed by atoms with Crippen molar-refractivity contribution < 1.29 is 8.78 Å². The monoisotopic (exact) mass is 462 g/mol. The summed E-state index contributed by atoms with van der Waals surface area (Å²) >= 11 is 0. The van der Waals surface area contributed by atoms with Crippen molar-refractivity contribution in [1.29, 1.82) is 0 Å². The molecule has 176 valence electrons. The SMILES string of the molecule is CCCCn1c2c(c(=O)c3cc4c(cc31)c(=O)c1ccc(F)cc1n4CCCC)CCC(F)=C2. The van der Waals surface area contributed by atoms with E-state index in [0.717, 1.165) is 25.7 Å². The molecule has 0 saturated carbocycles. The van der Waals surface area contributed by atoms with E-state index in [4.69, 9.17) is 0 Å². The van der Waals surface area contributed by atoms with Crippen LogP contribution in [0.2, 0.25) is 0 Å². The van der Waals surface area contributed by atoms with Crippen molar-refractivity contribution in [2.75, 3.05) is 0 Å². The summed E-state index contributed by atoms with van der Waals surface area (Å²) in [6, 6.07) is 7.83. The smallest absolute Gasteiger partial charge is 0.197 e. The number of allylic oxidation sites excluding steroid dienone is 1. The fourth-order valence-corrected chi connectivity index (χ4v) is 5.14. The van der Waals surface area contributed by atoms with Gasteiger partial charge in [-0.15, -0.1) is 0 Å². The standard InChI is InChI=1S/C28H28F2N2O2/c1-3-5-11-31-23-13-17(29)7-9-19(23)27(33)21-16-26-22(15-25(21)31)28(34)20-10-8-18(30)14-24(20)32(26)12-6-4-2/h7,9,13-16H,3-6,8,10-12H2,1-2H3. The number of benzene rings is 2. The maximum atomic E-state index is 14.3. The van der Waals surface area contributed by atoms with Crippen molar-refractivity contribution in [2.45, 2.75) is 65.5 Å². The van der Waals surface area contributed by atoms with E-state index in [0.29, 0.717) is 63.5 Å². The Bertz CT molecular complexity index is 1590. The van der Waals surface area contributed by atoms with Crippen molar-refractivity contribution in [3.63, 3.8) is 0 Å². The van der Waals surface area contributed by atoms with Crippen LogP contribution in [0.1, 0.15) is 57.2 Å². The molecule has 2 aromatic heterocycles. The van der Waals surface area contributed by atoms with Crippen LogP contribution in [0.25, 0.3) is 38.8 Å². The summed E-state index contributed by atoms with van der Waals surface area (Å²) in [6.45, 7) is 5.41. The Kier molecular flexibility index (Phi) is 5.84. The van der Waals surface area contributed by atoms with Crippen molar-refractivity contribution >= 4 is 38.8 Å². The lowest BCUT2D eigenvalue weighted by Gasteiger charge is -2.22. The molecule has 34 heavy (non-hydrogen) atoms. The summed E-state index contributed by atoms with van der Waals surface area (Å²) < 4.78 is 32.4. The Morgan fingerprint density at radius 3 is 2.09 bits per heavy atom. The van der Waals surface area contributed by atoms with Crippen LogP contribution in [0.3, 0.4) is 0 Å². The minimum Gasteiger partial charge on any atom is -0.340 e. The molecule has 1 aliphatic rings. The van der Waals surface area contributed by atoms with Gasteiger partial charge in [0.1, 0.15) is 11.6 Å². The molecule has 0 unspecified atom stereocenters. The van der Waals surface area contributed by atoms with Crippen LogP contribution in [-0.4, -0.2) is 9.13 Å².